The zero-order valence-corrected chi connectivity index (χ0v) is 10.9. The van der Waals surface area contributed by atoms with Crippen molar-refractivity contribution in [3.8, 4) is 5.75 Å². The minimum absolute atomic E-state index is 0.823. The summed E-state index contributed by atoms with van der Waals surface area (Å²) in [7, 11) is 0. The molecule has 1 aromatic rings. The van der Waals surface area contributed by atoms with Crippen LogP contribution in [0.1, 0.15) is 24.0 Å². The van der Waals surface area contributed by atoms with Crippen molar-refractivity contribution in [1.82, 2.24) is 10.6 Å². The molecule has 0 spiro atoms. The zero-order chi connectivity index (χ0) is 12.2. The lowest BCUT2D eigenvalue weighted by molar-refractivity contribution is 0.357. The third-order valence-electron chi connectivity index (χ3n) is 3.66. The van der Waals surface area contributed by atoms with Gasteiger partial charge in [-0.3, -0.25) is 0 Å². The Kier molecular flexibility index (Phi) is 3.81. The van der Waals surface area contributed by atoms with Crippen LogP contribution in [0, 0.1) is 0 Å². The molecule has 18 heavy (non-hydrogen) atoms. The Balaban J connectivity index is 1.34. The van der Waals surface area contributed by atoms with Crippen molar-refractivity contribution in [2.75, 3.05) is 26.2 Å². The number of fused-ring (bicyclic) bond motifs is 1. The lowest BCUT2D eigenvalue weighted by Crippen LogP contribution is -2.29. The number of nitrogens with one attached hydrogen (secondary N) is 2. The van der Waals surface area contributed by atoms with Crippen LogP contribution in [0.3, 0.4) is 0 Å². The SMILES string of the molecule is c1cc2c(cc1CCNCCNC1CC1)CCO2. The van der Waals surface area contributed by atoms with Gasteiger partial charge in [0.2, 0.25) is 0 Å². The van der Waals surface area contributed by atoms with E-state index in [4.69, 9.17) is 4.74 Å². The van der Waals surface area contributed by atoms with Gasteiger partial charge in [-0.1, -0.05) is 12.1 Å². The molecule has 0 bridgehead atoms. The molecule has 0 amide bonds. The molecule has 1 aliphatic heterocycles. The third-order valence-corrected chi connectivity index (χ3v) is 3.66. The molecule has 2 N–H and O–H groups in total. The Bertz CT molecular complexity index is 401. The largest absolute Gasteiger partial charge is 0.493 e. The molecular weight excluding hydrogens is 224 g/mol. The van der Waals surface area contributed by atoms with Crippen molar-refractivity contribution in [3.05, 3.63) is 29.3 Å². The molecule has 3 heteroatoms. The standard InChI is InChI=1S/C15H22N2O/c1-4-15-13(6-10-18-15)11-12(1)5-7-16-8-9-17-14-2-3-14/h1,4,11,14,16-17H,2-3,5-10H2. The summed E-state index contributed by atoms with van der Waals surface area (Å²) in [5.74, 6) is 1.08. The number of benzene rings is 1. The van der Waals surface area contributed by atoms with Crippen LogP contribution in [0.2, 0.25) is 0 Å². The molecule has 98 valence electrons. The maximum atomic E-state index is 5.52. The normalized spacial score (nSPS) is 17.6. The van der Waals surface area contributed by atoms with E-state index < -0.39 is 0 Å². The maximum absolute atomic E-state index is 5.52. The van der Waals surface area contributed by atoms with Crippen LogP contribution in [0.15, 0.2) is 18.2 Å². The predicted molar refractivity (Wildman–Crippen MR) is 73.2 cm³/mol. The molecule has 0 aromatic heterocycles. The van der Waals surface area contributed by atoms with E-state index in [0.717, 1.165) is 50.9 Å². The highest BCUT2D eigenvalue weighted by Gasteiger charge is 2.19. The monoisotopic (exact) mass is 246 g/mol. The molecule has 0 saturated heterocycles. The maximum Gasteiger partial charge on any atom is 0.122 e. The lowest BCUT2D eigenvalue weighted by Gasteiger charge is -2.07. The Morgan fingerprint density at radius 2 is 2.11 bits per heavy atom. The van der Waals surface area contributed by atoms with Crippen molar-refractivity contribution in [3.63, 3.8) is 0 Å². The number of ether oxygens (including phenoxy) is 1. The summed E-state index contributed by atoms with van der Waals surface area (Å²) in [6.07, 6.45) is 4.92. The van der Waals surface area contributed by atoms with Gasteiger partial charge in [-0.2, -0.15) is 0 Å². The second-order valence-electron chi connectivity index (χ2n) is 5.27. The summed E-state index contributed by atoms with van der Waals surface area (Å²) < 4.78 is 5.52. The van der Waals surface area contributed by atoms with Gasteiger partial charge in [-0.25, -0.2) is 0 Å². The number of rotatable bonds is 7. The zero-order valence-electron chi connectivity index (χ0n) is 10.9. The fourth-order valence-electron chi connectivity index (χ4n) is 2.41. The summed E-state index contributed by atoms with van der Waals surface area (Å²) in [5.41, 5.74) is 2.80. The average Bonchev–Trinajstić information content (AvgIpc) is 3.09. The lowest BCUT2D eigenvalue weighted by atomic mass is 10.1. The van der Waals surface area contributed by atoms with Crippen molar-refractivity contribution >= 4 is 0 Å². The van der Waals surface area contributed by atoms with Gasteiger partial charge >= 0.3 is 0 Å². The van der Waals surface area contributed by atoms with Crippen LogP contribution in [0.4, 0.5) is 0 Å². The summed E-state index contributed by atoms with van der Waals surface area (Å²) >= 11 is 0. The van der Waals surface area contributed by atoms with Crippen LogP contribution in [0.25, 0.3) is 0 Å². The average molecular weight is 246 g/mol. The highest BCUT2D eigenvalue weighted by Crippen LogP contribution is 2.25. The van der Waals surface area contributed by atoms with Gasteiger partial charge in [0.15, 0.2) is 0 Å². The molecule has 1 heterocycles. The molecule has 1 aliphatic carbocycles. The first-order valence-electron chi connectivity index (χ1n) is 7.10. The second-order valence-corrected chi connectivity index (χ2v) is 5.27. The Labute approximate surface area is 109 Å². The molecule has 1 fully saturated rings. The van der Waals surface area contributed by atoms with Crippen LogP contribution in [-0.2, 0) is 12.8 Å². The fraction of sp³-hybridized carbons (Fsp3) is 0.600. The molecule has 1 aromatic carbocycles. The Morgan fingerprint density at radius 1 is 1.17 bits per heavy atom. The van der Waals surface area contributed by atoms with Gasteiger partial charge in [0.25, 0.3) is 0 Å². The number of hydrogen-bond acceptors (Lipinski definition) is 3. The Morgan fingerprint density at radius 3 is 3.00 bits per heavy atom. The molecule has 1 saturated carbocycles. The Hall–Kier alpha value is -1.06. The van der Waals surface area contributed by atoms with E-state index in [2.05, 4.69) is 28.8 Å². The van der Waals surface area contributed by atoms with E-state index in [9.17, 15) is 0 Å². The first-order chi connectivity index (χ1) is 8.92. The van der Waals surface area contributed by atoms with Gasteiger partial charge in [-0.05, 0) is 43.0 Å². The van der Waals surface area contributed by atoms with Gasteiger partial charge in [-0.15, -0.1) is 0 Å². The molecule has 0 atom stereocenters. The number of hydrogen-bond donors (Lipinski definition) is 2. The minimum atomic E-state index is 0.823. The molecule has 0 unspecified atom stereocenters. The van der Waals surface area contributed by atoms with E-state index in [1.165, 1.54) is 24.0 Å². The van der Waals surface area contributed by atoms with Gasteiger partial charge < -0.3 is 15.4 Å². The summed E-state index contributed by atoms with van der Waals surface area (Å²) in [6.45, 7) is 4.09. The minimum Gasteiger partial charge on any atom is -0.493 e. The van der Waals surface area contributed by atoms with Crippen molar-refractivity contribution < 1.29 is 4.74 Å². The summed E-state index contributed by atoms with van der Waals surface area (Å²) in [6, 6.07) is 7.43. The van der Waals surface area contributed by atoms with Crippen LogP contribution in [-0.4, -0.2) is 32.3 Å². The summed E-state index contributed by atoms with van der Waals surface area (Å²) in [5, 5.41) is 7.00. The smallest absolute Gasteiger partial charge is 0.122 e. The highest BCUT2D eigenvalue weighted by atomic mass is 16.5. The van der Waals surface area contributed by atoms with E-state index in [1.807, 2.05) is 0 Å². The molecule has 3 rings (SSSR count). The molecule has 3 nitrogen and oxygen atoms in total. The highest BCUT2D eigenvalue weighted by molar-refractivity contribution is 5.39. The van der Waals surface area contributed by atoms with Gasteiger partial charge in [0.1, 0.15) is 5.75 Å². The summed E-state index contributed by atoms with van der Waals surface area (Å²) in [4.78, 5) is 0. The quantitative estimate of drug-likeness (QED) is 0.715. The van der Waals surface area contributed by atoms with Gasteiger partial charge in [0, 0.05) is 25.6 Å². The molecule has 2 aliphatic rings. The molecular formula is C15H22N2O. The molecule has 0 radical (unpaired) electrons. The third kappa shape index (κ3) is 3.24. The van der Waals surface area contributed by atoms with E-state index in [1.54, 1.807) is 0 Å². The second kappa shape index (κ2) is 5.72. The van der Waals surface area contributed by atoms with Crippen molar-refractivity contribution in [1.29, 1.82) is 0 Å². The van der Waals surface area contributed by atoms with E-state index in [0.29, 0.717) is 0 Å². The van der Waals surface area contributed by atoms with Crippen LogP contribution >= 0.6 is 0 Å². The van der Waals surface area contributed by atoms with E-state index >= 15 is 0 Å². The van der Waals surface area contributed by atoms with Gasteiger partial charge in [0.05, 0.1) is 6.61 Å². The topological polar surface area (TPSA) is 33.3 Å². The first-order valence-corrected chi connectivity index (χ1v) is 7.10. The predicted octanol–water partition coefficient (Wildman–Crippen LogP) is 1.51. The van der Waals surface area contributed by atoms with Crippen molar-refractivity contribution in [2.45, 2.75) is 31.7 Å². The van der Waals surface area contributed by atoms with E-state index in [-0.39, 0.29) is 0 Å². The van der Waals surface area contributed by atoms with Crippen molar-refractivity contribution in [2.24, 2.45) is 0 Å². The van der Waals surface area contributed by atoms with Crippen LogP contribution in [0.5, 0.6) is 5.75 Å². The van der Waals surface area contributed by atoms with Crippen LogP contribution < -0.4 is 15.4 Å². The fourth-order valence-corrected chi connectivity index (χ4v) is 2.41. The first kappa shape index (κ1) is 12.0.